The van der Waals surface area contributed by atoms with E-state index in [9.17, 15) is 4.79 Å². The third kappa shape index (κ3) is 3.21. The zero-order chi connectivity index (χ0) is 16.1. The lowest BCUT2D eigenvalue weighted by Crippen LogP contribution is -1.96. The lowest BCUT2D eigenvalue weighted by atomic mass is 10.2. The van der Waals surface area contributed by atoms with Crippen LogP contribution in [0.4, 0.5) is 5.69 Å². The van der Waals surface area contributed by atoms with E-state index in [1.807, 2.05) is 6.92 Å². The van der Waals surface area contributed by atoms with Crippen LogP contribution in [-0.2, 0) is 0 Å². The number of rotatable bonds is 2. The molecule has 0 aromatic carbocycles. The van der Waals surface area contributed by atoms with Crippen molar-refractivity contribution in [2.75, 3.05) is 12.8 Å². The van der Waals surface area contributed by atoms with Gasteiger partial charge in [-0.3, -0.25) is 4.79 Å². The molecule has 4 N–H and O–H groups in total. The molecule has 0 aliphatic carbocycles. The third-order valence-corrected chi connectivity index (χ3v) is 5.04. The summed E-state index contributed by atoms with van der Waals surface area (Å²) in [5.74, 6) is 0.713. The van der Waals surface area contributed by atoms with Crippen LogP contribution in [0.5, 0.6) is 0 Å². The highest BCUT2D eigenvalue weighted by Gasteiger charge is 2.16. The SMILES string of the molecule is CN.Cc1nc(C2=CCCC=CS2)nc2sc(C=O)c(N)c12. The molecule has 0 bridgehead atoms. The molecule has 0 radical (unpaired) electrons. The van der Waals surface area contributed by atoms with E-state index in [-0.39, 0.29) is 0 Å². The van der Waals surface area contributed by atoms with Gasteiger partial charge in [0.15, 0.2) is 12.1 Å². The van der Waals surface area contributed by atoms with Crippen molar-refractivity contribution in [2.45, 2.75) is 19.8 Å². The quantitative estimate of drug-likeness (QED) is 0.818. The van der Waals surface area contributed by atoms with Crippen molar-refractivity contribution in [2.24, 2.45) is 5.73 Å². The normalized spacial score (nSPS) is 14.0. The van der Waals surface area contributed by atoms with E-state index in [1.165, 1.54) is 18.4 Å². The van der Waals surface area contributed by atoms with Crippen molar-refractivity contribution < 1.29 is 4.79 Å². The smallest absolute Gasteiger partial charge is 0.167 e. The minimum absolute atomic E-state index is 0.492. The molecule has 0 saturated carbocycles. The average molecular weight is 334 g/mol. The molecule has 3 rings (SSSR count). The van der Waals surface area contributed by atoms with Gasteiger partial charge in [-0.15, -0.1) is 11.3 Å². The Hall–Kier alpha value is -1.70. The van der Waals surface area contributed by atoms with E-state index in [4.69, 9.17) is 5.73 Å². The molecule has 22 heavy (non-hydrogen) atoms. The highest BCUT2D eigenvalue weighted by Crippen LogP contribution is 2.36. The average Bonchev–Trinajstić information content (AvgIpc) is 2.72. The summed E-state index contributed by atoms with van der Waals surface area (Å²) in [4.78, 5) is 22.5. The molecule has 1 aliphatic rings. The zero-order valence-corrected chi connectivity index (χ0v) is 14.1. The number of aromatic nitrogens is 2. The summed E-state index contributed by atoms with van der Waals surface area (Å²) in [6.07, 6.45) is 7.11. The molecule has 2 aromatic heterocycles. The zero-order valence-electron chi connectivity index (χ0n) is 12.5. The number of nitrogens with zero attached hydrogens (tertiary/aromatic N) is 2. The second-order valence-electron chi connectivity index (χ2n) is 4.45. The van der Waals surface area contributed by atoms with Gasteiger partial charge < -0.3 is 11.5 Å². The number of thioether (sulfide) groups is 1. The summed E-state index contributed by atoms with van der Waals surface area (Å²) in [5.41, 5.74) is 11.8. The molecule has 0 atom stereocenters. The first kappa shape index (κ1) is 16.7. The molecule has 0 fully saturated rings. The number of anilines is 1. The van der Waals surface area contributed by atoms with Gasteiger partial charge in [0.05, 0.1) is 26.5 Å². The Kier molecular flexibility index (Phi) is 5.70. The Morgan fingerprint density at radius 2 is 2.05 bits per heavy atom. The number of hydrogen-bond donors (Lipinski definition) is 2. The summed E-state index contributed by atoms with van der Waals surface area (Å²) in [7, 11) is 1.50. The van der Waals surface area contributed by atoms with Crippen LogP contribution in [-0.4, -0.2) is 23.3 Å². The fourth-order valence-electron chi connectivity index (χ4n) is 2.10. The van der Waals surface area contributed by atoms with Gasteiger partial charge in [-0.2, -0.15) is 0 Å². The maximum absolute atomic E-state index is 11.0. The first-order valence-electron chi connectivity index (χ1n) is 6.82. The number of nitrogens with two attached hydrogens (primary N) is 2. The maximum Gasteiger partial charge on any atom is 0.167 e. The van der Waals surface area contributed by atoms with Crippen LogP contribution in [0.3, 0.4) is 0 Å². The molecule has 116 valence electrons. The summed E-state index contributed by atoms with van der Waals surface area (Å²) in [5, 5.41) is 2.87. The molecule has 2 aromatic rings. The number of nitrogen functional groups attached to an aromatic ring is 1. The van der Waals surface area contributed by atoms with Crippen molar-refractivity contribution in [3.8, 4) is 0 Å². The van der Waals surface area contributed by atoms with E-state index in [0.717, 1.165) is 39.9 Å². The molecule has 1 aliphatic heterocycles. The minimum atomic E-state index is 0.492. The summed E-state index contributed by atoms with van der Waals surface area (Å²) < 4.78 is 0. The largest absolute Gasteiger partial charge is 0.397 e. The fourth-order valence-corrected chi connectivity index (χ4v) is 3.85. The number of carbonyl (C=O) groups is 1. The number of carbonyl (C=O) groups excluding carboxylic acids is 1. The number of fused-ring (bicyclic) bond motifs is 1. The number of hydrogen-bond acceptors (Lipinski definition) is 7. The third-order valence-electron chi connectivity index (χ3n) is 3.08. The minimum Gasteiger partial charge on any atom is -0.397 e. The van der Waals surface area contributed by atoms with Gasteiger partial charge in [-0.1, -0.05) is 23.9 Å². The topological polar surface area (TPSA) is 94.9 Å². The molecule has 0 amide bonds. The van der Waals surface area contributed by atoms with Gasteiger partial charge >= 0.3 is 0 Å². The monoisotopic (exact) mass is 334 g/mol. The molecule has 0 unspecified atom stereocenters. The van der Waals surface area contributed by atoms with E-state index >= 15 is 0 Å². The van der Waals surface area contributed by atoms with Gasteiger partial charge in [0.2, 0.25) is 0 Å². The molecular formula is C15H18N4OS2. The summed E-state index contributed by atoms with van der Waals surface area (Å²) in [6, 6.07) is 0. The molecule has 7 heteroatoms. The predicted octanol–water partition coefficient (Wildman–Crippen LogP) is 3.35. The molecule has 0 spiro atoms. The van der Waals surface area contributed by atoms with Gasteiger partial charge in [-0.25, -0.2) is 9.97 Å². The first-order valence-corrected chi connectivity index (χ1v) is 8.52. The van der Waals surface area contributed by atoms with Crippen molar-refractivity contribution in [3.63, 3.8) is 0 Å². The Bertz CT molecular complexity index is 750. The van der Waals surface area contributed by atoms with Crippen LogP contribution in [0.15, 0.2) is 17.6 Å². The van der Waals surface area contributed by atoms with Gasteiger partial charge in [0, 0.05) is 0 Å². The van der Waals surface area contributed by atoms with Crippen molar-refractivity contribution in [3.05, 3.63) is 34.0 Å². The number of allylic oxidation sites excluding steroid dienone is 2. The molecule has 0 saturated heterocycles. The van der Waals surface area contributed by atoms with Crippen LogP contribution < -0.4 is 11.5 Å². The maximum atomic E-state index is 11.0. The van der Waals surface area contributed by atoms with Crippen molar-refractivity contribution in [1.82, 2.24) is 9.97 Å². The van der Waals surface area contributed by atoms with E-state index in [0.29, 0.717) is 16.4 Å². The second-order valence-corrected chi connectivity index (χ2v) is 6.42. The van der Waals surface area contributed by atoms with Gasteiger partial charge in [0.25, 0.3) is 0 Å². The van der Waals surface area contributed by atoms with E-state index in [2.05, 4.69) is 33.3 Å². The van der Waals surface area contributed by atoms with E-state index in [1.54, 1.807) is 11.8 Å². The summed E-state index contributed by atoms with van der Waals surface area (Å²) >= 11 is 2.95. The number of aryl methyl sites for hydroxylation is 1. The van der Waals surface area contributed by atoms with Crippen LogP contribution in [0, 0.1) is 6.92 Å². The van der Waals surface area contributed by atoms with Gasteiger partial charge in [-0.05, 0) is 32.2 Å². The van der Waals surface area contributed by atoms with Crippen molar-refractivity contribution >= 4 is 50.2 Å². The predicted molar refractivity (Wildman–Crippen MR) is 96.0 cm³/mol. The highest BCUT2D eigenvalue weighted by molar-refractivity contribution is 8.10. The number of aldehydes is 1. The Balaban J connectivity index is 0.000000847. The second kappa shape index (κ2) is 7.53. The molecular weight excluding hydrogens is 316 g/mol. The molecule has 5 nitrogen and oxygen atoms in total. The lowest BCUT2D eigenvalue weighted by molar-refractivity contribution is 0.112. The first-order chi connectivity index (χ1) is 10.7. The van der Waals surface area contributed by atoms with Crippen LogP contribution in [0.2, 0.25) is 0 Å². The van der Waals surface area contributed by atoms with Crippen LogP contribution in [0.25, 0.3) is 15.1 Å². The number of thiophene rings is 1. The molecule has 3 heterocycles. The van der Waals surface area contributed by atoms with Gasteiger partial charge in [0.1, 0.15) is 4.83 Å². The Morgan fingerprint density at radius 3 is 2.77 bits per heavy atom. The van der Waals surface area contributed by atoms with Crippen LogP contribution >= 0.6 is 23.1 Å². The Morgan fingerprint density at radius 1 is 1.27 bits per heavy atom. The van der Waals surface area contributed by atoms with Crippen LogP contribution in [0.1, 0.15) is 34.0 Å². The van der Waals surface area contributed by atoms with E-state index < -0.39 is 0 Å². The highest BCUT2D eigenvalue weighted by atomic mass is 32.2. The van der Waals surface area contributed by atoms with Crippen molar-refractivity contribution in [1.29, 1.82) is 0 Å². The summed E-state index contributed by atoms with van der Waals surface area (Å²) in [6.45, 7) is 1.91. The lowest BCUT2D eigenvalue weighted by Gasteiger charge is -2.04. The standard InChI is InChI=1S/C14H13N3OS2.CH5N/c1-8-11-12(15)10(7-18)20-14(11)17-13(16-8)9-5-3-2-4-6-19-9;1-2/h4-7H,2-3,15H2,1H3;2H2,1H3. The Labute approximate surface area is 137 Å². The fraction of sp³-hybridized carbons (Fsp3) is 0.267.